The number of amides is 2. The highest BCUT2D eigenvalue weighted by Gasteiger charge is 2.33. The van der Waals surface area contributed by atoms with E-state index < -0.39 is 28.5 Å². The van der Waals surface area contributed by atoms with Gasteiger partial charge in [0, 0.05) is 24.0 Å². The molecule has 0 aliphatic rings. The lowest BCUT2D eigenvalue weighted by Gasteiger charge is -2.33. The molecule has 38 heavy (non-hydrogen) atoms. The lowest BCUT2D eigenvalue weighted by Crippen LogP contribution is -2.53. The van der Waals surface area contributed by atoms with Crippen molar-refractivity contribution in [1.82, 2.24) is 10.2 Å². The fraction of sp³-hybridized carbons (Fsp3) is 0.310. The third-order valence-electron chi connectivity index (χ3n) is 6.19. The molecule has 3 aromatic rings. The van der Waals surface area contributed by atoms with E-state index in [9.17, 15) is 18.0 Å². The maximum atomic E-state index is 14.0. The minimum atomic E-state index is -3.80. The Morgan fingerprint density at radius 1 is 0.947 bits per heavy atom. The summed E-state index contributed by atoms with van der Waals surface area (Å²) in [5, 5.41) is 2.85. The number of sulfonamides is 1. The average molecular weight is 601 g/mol. The zero-order chi connectivity index (χ0) is 27.9. The van der Waals surface area contributed by atoms with Gasteiger partial charge in [0.2, 0.25) is 21.8 Å². The summed E-state index contributed by atoms with van der Waals surface area (Å²) < 4.78 is 27.8. The maximum absolute atomic E-state index is 14.0. The summed E-state index contributed by atoms with van der Waals surface area (Å²) in [4.78, 5) is 28.8. The third kappa shape index (κ3) is 7.91. The second kappa shape index (κ2) is 13.1. The zero-order valence-corrected chi connectivity index (χ0v) is 24.6. The number of hydrogen-bond donors (Lipinski definition) is 1. The van der Waals surface area contributed by atoms with Crippen LogP contribution in [-0.4, -0.2) is 50.5 Å². The van der Waals surface area contributed by atoms with E-state index in [1.54, 1.807) is 6.07 Å². The molecule has 1 atom stereocenters. The Morgan fingerprint density at radius 3 is 2.18 bits per heavy atom. The van der Waals surface area contributed by atoms with Crippen molar-refractivity contribution in [1.29, 1.82) is 0 Å². The maximum Gasteiger partial charge on any atom is 0.244 e. The van der Waals surface area contributed by atoms with Crippen LogP contribution in [0, 0.1) is 13.8 Å². The Kier molecular flexibility index (Phi) is 10.1. The van der Waals surface area contributed by atoms with Crippen LogP contribution in [0.3, 0.4) is 0 Å². The Labute approximate surface area is 234 Å². The van der Waals surface area contributed by atoms with Crippen molar-refractivity contribution in [2.24, 2.45) is 0 Å². The molecule has 0 fully saturated rings. The van der Waals surface area contributed by atoms with Gasteiger partial charge in [-0.2, -0.15) is 0 Å². The Morgan fingerprint density at radius 2 is 1.61 bits per heavy atom. The van der Waals surface area contributed by atoms with E-state index in [-0.39, 0.29) is 18.9 Å². The normalized spacial score (nSPS) is 12.0. The van der Waals surface area contributed by atoms with E-state index in [4.69, 9.17) is 0 Å². The summed E-state index contributed by atoms with van der Waals surface area (Å²) in [7, 11) is -3.80. The lowest BCUT2D eigenvalue weighted by atomic mass is 10.0. The van der Waals surface area contributed by atoms with Gasteiger partial charge in [-0.05, 0) is 55.7 Å². The van der Waals surface area contributed by atoms with Crippen LogP contribution in [0.4, 0.5) is 5.69 Å². The van der Waals surface area contributed by atoms with Crippen molar-refractivity contribution < 1.29 is 18.0 Å². The summed E-state index contributed by atoms with van der Waals surface area (Å²) in [5.41, 5.74) is 3.88. The summed E-state index contributed by atoms with van der Waals surface area (Å²) in [6.45, 7) is 5.69. The van der Waals surface area contributed by atoms with E-state index in [1.165, 1.54) is 4.90 Å². The molecule has 0 heterocycles. The smallest absolute Gasteiger partial charge is 0.244 e. The van der Waals surface area contributed by atoms with Crippen molar-refractivity contribution >= 4 is 43.5 Å². The number of carbonyl (C=O) groups is 2. The number of halogens is 1. The topological polar surface area (TPSA) is 86.8 Å². The lowest BCUT2D eigenvalue weighted by molar-refractivity contribution is -0.140. The highest BCUT2D eigenvalue weighted by molar-refractivity contribution is 9.10. The summed E-state index contributed by atoms with van der Waals surface area (Å²) in [6, 6.07) is 21.5. The van der Waals surface area contributed by atoms with Crippen LogP contribution in [-0.2, 0) is 32.6 Å². The second-order valence-corrected chi connectivity index (χ2v) is 12.1. The van der Waals surface area contributed by atoms with Gasteiger partial charge < -0.3 is 10.2 Å². The second-order valence-electron chi connectivity index (χ2n) is 9.31. The number of hydrogen-bond acceptors (Lipinski definition) is 4. The van der Waals surface area contributed by atoms with E-state index in [0.717, 1.165) is 37.3 Å². The van der Waals surface area contributed by atoms with Gasteiger partial charge in [0.25, 0.3) is 0 Å². The standard InChI is InChI=1S/C29H34BrN3O4S/c1-5-31-29(35)27(18-23-9-7-6-8-10-23)32(19-24-12-14-25(30)15-13-24)28(34)20-33(38(4,36)37)26-16-11-21(2)17-22(26)3/h6-17,27H,5,18-20H2,1-4H3,(H,31,35)/t27-/m0/s1. The van der Waals surface area contributed by atoms with E-state index in [1.807, 2.05) is 87.5 Å². The molecule has 0 unspecified atom stereocenters. The van der Waals surface area contributed by atoms with Crippen LogP contribution >= 0.6 is 15.9 Å². The first-order chi connectivity index (χ1) is 18.0. The Balaban J connectivity index is 2.05. The molecule has 0 bridgehead atoms. The molecule has 3 aromatic carbocycles. The van der Waals surface area contributed by atoms with Crippen LogP contribution in [0.1, 0.15) is 29.2 Å². The zero-order valence-electron chi connectivity index (χ0n) is 22.1. The molecule has 1 N–H and O–H groups in total. The van der Waals surface area contributed by atoms with Gasteiger partial charge in [-0.25, -0.2) is 8.42 Å². The van der Waals surface area contributed by atoms with Crippen molar-refractivity contribution in [3.8, 4) is 0 Å². The Hall–Kier alpha value is -3.17. The summed E-state index contributed by atoms with van der Waals surface area (Å²) in [5.74, 6) is -0.760. The predicted octanol–water partition coefficient (Wildman–Crippen LogP) is 4.61. The third-order valence-corrected chi connectivity index (χ3v) is 7.84. The molecule has 9 heteroatoms. The molecule has 0 aliphatic carbocycles. The molecule has 202 valence electrons. The first kappa shape index (κ1) is 29.4. The van der Waals surface area contributed by atoms with Gasteiger partial charge in [0.05, 0.1) is 11.9 Å². The monoisotopic (exact) mass is 599 g/mol. The van der Waals surface area contributed by atoms with E-state index >= 15 is 0 Å². The number of rotatable bonds is 11. The molecule has 0 aromatic heterocycles. The molecule has 3 rings (SSSR count). The predicted molar refractivity (Wildman–Crippen MR) is 155 cm³/mol. The van der Waals surface area contributed by atoms with Gasteiger partial charge in [-0.1, -0.05) is 76.1 Å². The van der Waals surface area contributed by atoms with Crippen LogP contribution < -0.4 is 9.62 Å². The molecule has 0 radical (unpaired) electrons. The Bertz CT molecular complexity index is 1360. The molecular formula is C29H34BrN3O4S. The summed E-state index contributed by atoms with van der Waals surface area (Å²) >= 11 is 3.43. The van der Waals surface area contributed by atoms with Gasteiger partial charge >= 0.3 is 0 Å². The molecule has 2 amide bonds. The number of likely N-dealkylation sites (N-methyl/N-ethyl adjacent to an activating group) is 1. The largest absolute Gasteiger partial charge is 0.355 e. The number of carbonyl (C=O) groups excluding carboxylic acids is 2. The van der Waals surface area contributed by atoms with Crippen molar-refractivity contribution in [2.75, 3.05) is 23.7 Å². The van der Waals surface area contributed by atoms with Crippen LogP contribution in [0.2, 0.25) is 0 Å². The van der Waals surface area contributed by atoms with Crippen LogP contribution in [0.5, 0.6) is 0 Å². The van der Waals surface area contributed by atoms with Gasteiger partial charge in [0.15, 0.2) is 0 Å². The van der Waals surface area contributed by atoms with Crippen molar-refractivity contribution in [2.45, 2.75) is 39.8 Å². The van der Waals surface area contributed by atoms with Crippen LogP contribution in [0.25, 0.3) is 0 Å². The minimum absolute atomic E-state index is 0.144. The number of anilines is 1. The fourth-order valence-corrected chi connectivity index (χ4v) is 5.48. The van der Waals surface area contributed by atoms with Crippen molar-refractivity contribution in [3.05, 3.63) is 99.5 Å². The number of nitrogens with zero attached hydrogens (tertiary/aromatic N) is 2. The van der Waals surface area contributed by atoms with Crippen molar-refractivity contribution in [3.63, 3.8) is 0 Å². The molecule has 0 aliphatic heterocycles. The van der Waals surface area contributed by atoms with Gasteiger partial charge in [0.1, 0.15) is 12.6 Å². The highest BCUT2D eigenvalue weighted by atomic mass is 79.9. The number of benzene rings is 3. The number of aryl methyl sites for hydroxylation is 2. The summed E-state index contributed by atoms with van der Waals surface area (Å²) in [6.07, 6.45) is 1.38. The fourth-order valence-electron chi connectivity index (χ4n) is 4.31. The van der Waals surface area contributed by atoms with E-state index in [0.29, 0.717) is 12.2 Å². The molecule has 0 saturated heterocycles. The van der Waals surface area contributed by atoms with E-state index in [2.05, 4.69) is 21.2 Å². The first-order valence-corrected chi connectivity index (χ1v) is 15.0. The minimum Gasteiger partial charge on any atom is -0.355 e. The molecular weight excluding hydrogens is 566 g/mol. The quantitative estimate of drug-likeness (QED) is 0.349. The molecule has 7 nitrogen and oxygen atoms in total. The first-order valence-electron chi connectivity index (χ1n) is 12.4. The number of nitrogens with one attached hydrogen (secondary N) is 1. The van der Waals surface area contributed by atoms with Gasteiger partial charge in [-0.15, -0.1) is 0 Å². The van der Waals surface area contributed by atoms with Crippen LogP contribution in [0.15, 0.2) is 77.3 Å². The average Bonchev–Trinajstić information content (AvgIpc) is 2.86. The molecule has 0 spiro atoms. The SMILES string of the molecule is CCNC(=O)[C@H](Cc1ccccc1)N(Cc1ccc(Br)cc1)C(=O)CN(c1ccc(C)cc1C)S(C)(=O)=O. The molecule has 0 saturated carbocycles. The highest BCUT2D eigenvalue weighted by Crippen LogP contribution is 2.25. The van der Waals surface area contributed by atoms with Gasteiger partial charge in [-0.3, -0.25) is 13.9 Å².